The molecule has 0 saturated carbocycles. The average molecular weight is 216 g/mol. The van der Waals surface area contributed by atoms with Crippen molar-refractivity contribution in [2.45, 2.75) is 12.8 Å². The molecule has 0 saturated heterocycles. The van der Waals surface area contributed by atoms with Gasteiger partial charge in [-0.2, -0.15) is 0 Å². The Morgan fingerprint density at radius 1 is 1.71 bits per heavy atom. The number of halogens is 1. The normalized spacial score (nSPS) is 9.86. The minimum atomic E-state index is -0.294. The van der Waals surface area contributed by atoms with Crippen LogP contribution in [-0.2, 0) is 16.0 Å². The molecule has 6 heteroatoms. The zero-order chi connectivity index (χ0) is 10.6. The molecular weight excluding hydrogens is 206 g/mol. The number of hydrogen-bond acceptors (Lipinski definition) is 5. The van der Waals surface area contributed by atoms with Gasteiger partial charge in [0.1, 0.15) is 5.15 Å². The van der Waals surface area contributed by atoms with E-state index in [1.165, 1.54) is 13.3 Å². The van der Waals surface area contributed by atoms with Crippen molar-refractivity contribution >= 4 is 23.5 Å². The number of ether oxygens (including phenoxy) is 1. The molecule has 0 fully saturated rings. The van der Waals surface area contributed by atoms with Gasteiger partial charge in [0.15, 0.2) is 0 Å². The van der Waals surface area contributed by atoms with E-state index in [1.54, 1.807) is 0 Å². The summed E-state index contributed by atoms with van der Waals surface area (Å²) < 4.78 is 4.49. The van der Waals surface area contributed by atoms with Crippen molar-refractivity contribution < 1.29 is 9.53 Å². The lowest BCUT2D eigenvalue weighted by Gasteiger charge is -2.02. The van der Waals surface area contributed by atoms with Crippen molar-refractivity contribution in [2.75, 3.05) is 12.8 Å². The molecule has 0 bridgehead atoms. The maximum Gasteiger partial charge on any atom is 0.305 e. The molecule has 5 nitrogen and oxygen atoms in total. The first-order chi connectivity index (χ1) is 6.63. The number of nitrogens with two attached hydrogens (primary N) is 1. The zero-order valence-electron chi connectivity index (χ0n) is 7.66. The van der Waals surface area contributed by atoms with E-state index in [1.807, 2.05) is 0 Å². The van der Waals surface area contributed by atoms with Gasteiger partial charge in [0.05, 0.1) is 7.11 Å². The van der Waals surface area contributed by atoms with Gasteiger partial charge in [-0.25, -0.2) is 9.97 Å². The van der Waals surface area contributed by atoms with Gasteiger partial charge in [-0.05, 0) is 6.42 Å². The molecule has 14 heavy (non-hydrogen) atoms. The molecule has 0 aliphatic carbocycles. The third-order valence-corrected chi connectivity index (χ3v) is 1.98. The number of aryl methyl sites for hydroxylation is 1. The second-order valence-corrected chi connectivity index (χ2v) is 2.98. The Hall–Kier alpha value is -1.36. The monoisotopic (exact) mass is 215 g/mol. The number of nitrogen functional groups attached to an aromatic ring is 1. The van der Waals surface area contributed by atoms with Crippen LogP contribution < -0.4 is 5.73 Å². The predicted octanol–water partition coefficient (Wildman–Crippen LogP) is 0.818. The minimum Gasteiger partial charge on any atom is -0.469 e. The van der Waals surface area contributed by atoms with E-state index in [4.69, 9.17) is 17.3 Å². The molecule has 1 heterocycles. The summed E-state index contributed by atoms with van der Waals surface area (Å²) >= 11 is 5.77. The van der Waals surface area contributed by atoms with Crippen molar-refractivity contribution in [3.05, 3.63) is 16.9 Å². The van der Waals surface area contributed by atoms with Gasteiger partial charge in [0.25, 0.3) is 0 Å². The summed E-state index contributed by atoms with van der Waals surface area (Å²) in [5, 5.41) is 0.279. The number of rotatable bonds is 3. The molecule has 0 amide bonds. The Labute approximate surface area is 86.2 Å². The Morgan fingerprint density at radius 3 is 3.00 bits per heavy atom. The Morgan fingerprint density at radius 2 is 2.43 bits per heavy atom. The van der Waals surface area contributed by atoms with E-state index in [0.717, 1.165) is 0 Å². The highest BCUT2D eigenvalue weighted by atomic mass is 35.5. The van der Waals surface area contributed by atoms with Crippen LogP contribution >= 0.6 is 11.6 Å². The second-order valence-electron chi connectivity index (χ2n) is 2.62. The number of esters is 1. The molecule has 1 rings (SSSR count). The molecule has 0 aliphatic rings. The summed E-state index contributed by atoms with van der Waals surface area (Å²) in [7, 11) is 1.34. The summed E-state index contributed by atoms with van der Waals surface area (Å²) in [4.78, 5) is 18.4. The van der Waals surface area contributed by atoms with Crippen LogP contribution in [-0.4, -0.2) is 23.0 Å². The topological polar surface area (TPSA) is 78.1 Å². The second kappa shape index (κ2) is 4.76. The van der Waals surface area contributed by atoms with Gasteiger partial charge in [-0.3, -0.25) is 4.79 Å². The number of carbonyl (C=O) groups excluding carboxylic acids is 1. The molecule has 1 aromatic rings. The van der Waals surface area contributed by atoms with Crippen molar-refractivity contribution in [2.24, 2.45) is 0 Å². The summed E-state index contributed by atoms with van der Waals surface area (Å²) in [6.07, 6.45) is 2.21. The van der Waals surface area contributed by atoms with E-state index >= 15 is 0 Å². The largest absolute Gasteiger partial charge is 0.469 e. The fourth-order valence-corrected chi connectivity index (χ4v) is 1.13. The van der Waals surface area contributed by atoms with Gasteiger partial charge in [0, 0.05) is 18.2 Å². The summed E-state index contributed by atoms with van der Waals surface area (Å²) in [5.41, 5.74) is 6.00. The molecule has 1 aromatic heterocycles. The quantitative estimate of drug-likeness (QED) is 0.597. The van der Waals surface area contributed by atoms with E-state index in [2.05, 4.69) is 14.7 Å². The fourth-order valence-electron chi connectivity index (χ4n) is 0.905. The molecule has 76 valence electrons. The Bertz CT molecular complexity index is 343. The number of anilines is 1. The van der Waals surface area contributed by atoms with Crippen LogP contribution in [0.15, 0.2) is 6.20 Å². The Kier molecular flexibility index (Phi) is 3.64. The van der Waals surface area contributed by atoms with Crippen LogP contribution in [0.2, 0.25) is 5.15 Å². The first-order valence-electron chi connectivity index (χ1n) is 3.97. The van der Waals surface area contributed by atoms with Gasteiger partial charge in [-0.15, -0.1) is 0 Å². The van der Waals surface area contributed by atoms with Crippen LogP contribution in [0, 0.1) is 0 Å². The van der Waals surface area contributed by atoms with Crippen molar-refractivity contribution in [1.82, 2.24) is 9.97 Å². The predicted molar refractivity (Wildman–Crippen MR) is 51.8 cm³/mol. The number of carbonyl (C=O) groups is 1. The van der Waals surface area contributed by atoms with Crippen LogP contribution in [0.1, 0.15) is 12.0 Å². The van der Waals surface area contributed by atoms with Crippen LogP contribution in [0.5, 0.6) is 0 Å². The molecule has 0 aromatic carbocycles. The SMILES string of the molecule is COC(=O)CCc1cnc(N)nc1Cl. The number of hydrogen-bond donors (Lipinski definition) is 1. The molecule has 0 unspecified atom stereocenters. The van der Waals surface area contributed by atoms with E-state index < -0.39 is 0 Å². The summed E-state index contributed by atoms with van der Waals surface area (Å²) in [6.45, 7) is 0. The lowest BCUT2D eigenvalue weighted by Crippen LogP contribution is -2.04. The third kappa shape index (κ3) is 2.85. The molecule has 0 spiro atoms. The lowest BCUT2D eigenvalue weighted by atomic mass is 10.2. The summed E-state index contributed by atoms with van der Waals surface area (Å²) in [5.74, 6) is -0.172. The van der Waals surface area contributed by atoms with Crippen molar-refractivity contribution in [3.63, 3.8) is 0 Å². The molecular formula is C8H10ClN3O2. The van der Waals surface area contributed by atoms with Gasteiger partial charge in [0.2, 0.25) is 5.95 Å². The zero-order valence-corrected chi connectivity index (χ0v) is 8.41. The van der Waals surface area contributed by atoms with Crippen LogP contribution in [0.25, 0.3) is 0 Å². The number of aromatic nitrogens is 2. The fraction of sp³-hybridized carbons (Fsp3) is 0.375. The van der Waals surface area contributed by atoms with Crippen molar-refractivity contribution in [3.8, 4) is 0 Å². The maximum atomic E-state index is 10.8. The first-order valence-corrected chi connectivity index (χ1v) is 4.35. The average Bonchev–Trinajstić information content (AvgIpc) is 2.16. The van der Waals surface area contributed by atoms with Gasteiger partial charge < -0.3 is 10.5 Å². The highest BCUT2D eigenvalue weighted by Gasteiger charge is 2.06. The van der Waals surface area contributed by atoms with Gasteiger partial charge >= 0.3 is 5.97 Å². The molecule has 0 radical (unpaired) electrons. The molecule has 0 atom stereocenters. The number of methoxy groups -OCH3 is 1. The smallest absolute Gasteiger partial charge is 0.305 e. The standard InChI is InChI=1S/C8H10ClN3O2/c1-14-6(13)3-2-5-4-11-8(10)12-7(5)9/h4H,2-3H2,1H3,(H2,10,11,12). The third-order valence-electron chi connectivity index (χ3n) is 1.66. The summed E-state index contributed by atoms with van der Waals surface area (Å²) in [6, 6.07) is 0. The Balaban J connectivity index is 2.63. The molecule has 0 aliphatic heterocycles. The van der Waals surface area contributed by atoms with Crippen molar-refractivity contribution in [1.29, 1.82) is 0 Å². The number of nitrogens with zero attached hydrogens (tertiary/aromatic N) is 2. The first kappa shape index (κ1) is 10.7. The van der Waals surface area contributed by atoms with E-state index in [9.17, 15) is 4.79 Å². The minimum absolute atomic E-state index is 0.122. The highest BCUT2D eigenvalue weighted by molar-refractivity contribution is 6.30. The van der Waals surface area contributed by atoms with Gasteiger partial charge in [-0.1, -0.05) is 11.6 Å². The van der Waals surface area contributed by atoms with Crippen LogP contribution in [0.4, 0.5) is 5.95 Å². The highest BCUT2D eigenvalue weighted by Crippen LogP contribution is 2.14. The van der Waals surface area contributed by atoms with E-state index in [-0.39, 0.29) is 23.5 Å². The lowest BCUT2D eigenvalue weighted by molar-refractivity contribution is -0.140. The van der Waals surface area contributed by atoms with E-state index in [0.29, 0.717) is 12.0 Å². The molecule has 2 N–H and O–H groups in total. The van der Waals surface area contributed by atoms with Crippen LogP contribution in [0.3, 0.4) is 0 Å². The maximum absolute atomic E-state index is 10.8.